The zero-order valence-electron chi connectivity index (χ0n) is 18.1. The number of benzene rings is 2. The van der Waals surface area contributed by atoms with Gasteiger partial charge < -0.3 is 20.1 Å². The van der Waals surface area contributed by atoms with Crippen molar-refractivity contribution in [2.24, 2.45) is 7.05 Å². The van der Waals surface area contributed by atoms with E-state index >= 15 is 0 Å². The minimum atomic E-state index is -0.395. The van der Waals surface area contributed by atoms with Crippen molar-refractivity contribution in [2.75, 3.05) is 31.5 Å². The molecule has 1 aromatic heterocycles. The van der Waals surface area contributed by atoms with Crippen LogP contribution in [-0.2, 0) is 7.05 Å². The van der Waals surface area contributed by atoms with Crippen LogP contribution in [0.5, 0.6) is 0 Å². The van der Waals surface area contributed by atoms with Crippen LogP contribution in [0.2, 0.25) is 0 Å². The van der Waals surface area contributed by atoms with E-state index in [9.17, 15) is 14.4 Å². The highest BCUT2D eigenvalue weighted by molar-refractivity contribution is 6.12. The molecule has 0 saturated heterocycles. The molecule has 162 valence electrons. The van der Waals surface area contributed by atoms with Gasteiger partial charge in [-0.3, -0.25) is 14.4 Å². The van der Waals surface area contributed by atoms with Crippen LogP contribution in [0.15, 0.2) is 59.4 Å². The number of para-hydroxylation sites is 1. The van der Waals surface area contributed by atoms with Gasteiger partial charge in [-0.15, -0.1) is 0 Å². The third-order valence-electron chi connectivity index (χ3n) is 5.39. The van der Waals surface area contributed by atoms with Crippen LogP contribution in [0.4, 0.5) is 5.69 Å². The molecule has 0 radical (unpaired) electrons. The van der Waals surface area contributed by atoms with E-state index in [1.165, 1.54) is 10.6 Å². The number of carbonyl (C=O) groups excluding carboxylic acids is 2. The lowest BCUT2D eigenvalue weighted by molar-refractivity contribution is 0.0947. The minimum absolute atomic E-state index is 0.192. The van der Waals surface area contributed by atoms with Crippen LogP contribution in [-0.4, -0.2) is 47.5 Å². The summed E-state index contributed by atoms with van der Waals surface area (Å²) in [5, 5.41) is 6.41. The van der Waals surface area contributed by atoms with Gasteiger partial charge in [0.25, 0.3) is 17.4 Å². The summed E-state index contributed by atoms with van der Waals surface area (Å²) in [6.45, 7) is 7.38. The molecule has 2 amide bonds. The smallest absolute Gasteiger partial charge is 0.256 e. The molecule has 3 rings (SSSR count). The number of rotatable bonds is 8. The lowest BCUT2D eigenvalue weighted by Gasteiger charge is -2.18. The van der Waals surface area contributed by atoms with Crippen molar-refractivity contribution in [2.45, 2.75) is 13.8 Å². The van der Waals surface area contributed by atoms with E-state index in [2.05, 4.69) is 29.4 Å². The zero-order valence-corrected chi connectivity index (χ0v) is 18.1. The number of nitrogens with zero attached hydrogens (tertiary/aromatic N) is 2. The maximum absolute atomic E-state index is 12.9. The highest BCUT2D eigenvalue weighted by Crippen LogP contribution is 2.18. The summed E-state index contributed by atoms with van der Waals surface area (Å²) in [6.07, 6.45) is 0. The molecule has 3 aromatic rings. The number of amides is 2. The van der Waals surface area contributed by atoms with Crippen molar-refractivity contribution < 1.29 is 9.59 Å². The van der Waals surface area contributed by atoms with Gasteiger partial charge in [0.15, 0.2) is 0 Å². The van der Waals surface area contributed by atoms with E-state index in [1.54, 1.807) is 37.4 Å². The lowest BCUT2D eigenvalue weighted by atomic mass is 10.1. The van der Waals surface area contributed by atoms with Crippen LogP contribution in [0, 0.1) is 0 Å². The third-order valence-corrected chi connectivity index (χ3v) is 5.39. The fraction of sp³-hybridized carbons (Fsp3) is 0.292. The quantitative estimate of drug-likeness (QED) is 0.587. The van der Waals surface area contributed by atoms with Crippen LogP contribution >= 0.6 is 0 Å². The molecule has 0 bridgehead atoms. The summed E-state index contributed by atoms with van der Waals surface area (Å²) in [4.78, 5) is 39.9. The Labute approximate surface area is 181 Å². The molecular formula is C24H28N4O3. The van der Waals surface area contributed by atoms with Gasteiger partial charge in [-0.1, -0.05) is 38.1 Å². The number of hydrogen-bond donors (Lipinski definition) is 2. The molecule has 0 aliphatic rings. The van der Waals surface area contributed by atoms with Crippen molar-refractivity contribution in [3.05, 3.63) is 76.1 Å². The van der Waals surface area contributed by atoms with E-state index in [4.69, 9.17) is 0 Å². The van der Waals surface area contributed by atoms with Gasteiger partial charge >= 0.3 is 0 Å². The fourth-order valence-corrected chi connectivity index (χ4v) is 3.50. The molecule has 0 aliphatic heterocycles. The number of fused-ring (bicyclic) bond motifs is 1. The summed E-state index contributed by atoms with van der Waals surface area (Å²) in [5.74, 6) is -0.588. The Kier molecular flexibility index (Phi) is 7.20. The number of likely N-dealkylation sites (N-methyl/N-ethyl adjacent to an activating group) is 1. The maximum Gasteiger partial charge on any atom is 0.256 e. The minimum Gasteiger partial charge on any atom is -0.351 e. The first-order valence-corrected chi connectivity index (χ1v) is 10.4. The average Bonchev–Trinajstić information content (AvgIpc) is 2.79. The topological polar surface area (TPSA) is 83.4 Å². The number of carbonyl (C=O) groups is 2. The van der Waals surface area contributed by atoms with Crippen LogP contribution in [0.3, 0.4) is 0 Å². The van der Waals surface area contributed by atoms with E-state index in [0.29, 0.717) is 34.3 Å². The van der Waals surface area contributed by atoms with Gasteiger partial charge in [0, 0.05) is 42.8 Å². The van der Waals surface area contributed by atoms with Crippen LogP contribution in [0.1, 0.15) is 34.6 Å². The molecule has 7 nitrogen and oxygen atoms in total. The largest absolute Gasteiger partial charge is 0.351 e. The Morgan fingerprint density at radius 2 is 1.71 bits per heavy atom. The second kappa shape index (κ2) is 10.0. The summed E-state index contributed by atoms with van der Waals surface area (Å²) >= 11 is 0. The molecule has 0 fully saturated rings. The second-order valence-electron chi connectivity index (χ2n) is 7.29. The van der Waals surface area contributed by atoms with Crippen LogP contribution < -0.4 is 16.2 Å². The molecule has 0 unspecified atom stereocenters. The highest BCUT2D eigenvalue weighted by atomic mass is 16.2. The molecule has 0 aliphatic carbocycles. The Hall–Kier alpha value is -3.45. The van der Waals surface area contributed by atoms with Gasteiger partial charge in [-0.2, -0.15) is 0 Å². The molecule has 7 heteroatoms. The van der Waals surface area contributed by atoms with Gasteiger partial charge in [0.05, 0.1) is 11.1 Å². The normalized spacial score (nSPS) is 11.0. The summed E-state index contributed by atoms with van der Waals surface area (Å²) < 4.78 is 1.51. The zero-order chi connectivity index (χ0) is 22.4. The highest BCUT2D eigenvalue weighted by Gasteiger charge is 2.14. The number of nitrogens with one attached hydrogen (secondary N) is 2. The second-order valence-corrected chi connectivity index (χ2v) is 7.29. The molecule has 0 saturated carbocycles. The molecular weight excluding hydrogens is 392 g/mol. The van der Waals surface area contributed by atoms with E-state index in [0.717, 1.165) is 19.6 Å². The molecule has 0 spiro atoms. The van der Waals surface area contributed by atoms with Crippen molar-refractivity contribution in [1.82, 2.24) is 14.8 Å². The summed E-state index contributed by atoms with van der Waals surface area (Å²) in [6, 6.07) is 15.4. The van der Waals surface area contributed by atoms with Crippen LogP contribution in [0.25, 0.3) is 10.9 Å². The maximum atomic E-state index is 12.9. The molecule has 2 aromatic carbocycles. The Balaban J connectivity index is 1.75. The Morgan fingerprint density at radius 1 is 0.968 bits per heavy atom. The molecule has 0 atom stereocenters. The number of anilines is 1. The standard InChI is InChI=1S/C24H28N4O3/c1-4-28(5-2)14-13-25-23(30)17-9-8-10-18(15-17)26-24(31)20-16-22(29)27(3)21-12-7-6-11-19(20)21/h6-12,15-16H,4-5,13-14H2,1-3H3,(H,25,30)(H,26,31). The van der Waals surface area contributed by atoms with Crippen molar-refractivity contribution >= 4 is 28.4 Å². The van der Waals surface area contributed by atoms with E-state index in [-0.39, 0.29) is 11.5 Å². The van der Waals surface area contributed by atoms with Crippen molar-refractivity contribution in [3.8, 4) is 0 Å². The average molecular weight is 421 g/mol. The van der Waals surface area contributed by atoms with Crippen molar-refractivity contribution in [1.29, 1.82) is 0 Å². The van der Waals surface area contributed by atoms with Gasteiger partial charge in [0.1, 0.15) is 0 Å². The lowest BCUT2D eigenvalue weighted by Crippen LogP contribution is -2.34. The van der Waals surface area contributed by atoms with E-state index in [1.807, 2.05) is 18.2 Å². The molecule has 2 N–H and O–H groups in total. The Bertz CT molecular complexity index is 1150. The monoisotopic (exact) mass is 420 g/mol. The van der Waals surface area contributed by atoms with E-state index < -0.39 is 5.91 Å². The molecule has 1 heterocycles. The number of pyridine rings is 1. The first-order chi connectivity index (χ1) is 14.9. The Morgan fingerprint density at radius 3 is 2.45 bits per heavy atom. The number of aromatic nitrogens is 1. The van der Waals surface area contributed by atoms with Gasteiger partial charge in [-0.25, -0.2) is 0 Å². The SMILES string of the molecule is CCN(CC)CCNC(=O)c1cccc(NC(=O)c2cc(=O)n(C)c3ccccc23)c1. The molecule has 31 heavy (non-hydrogen) atoms. The summed E-state index contributed by atoms with van der Waals surface area (Å²) in [7, 11) is 1.68. The first-order valence-electron chi connectivity index (χ1n) is 10.4. The van der Waals surface area contributed by atoms with Gasteiger partial charge in [-0.05, 0) is 37.4 Å². The first kappa shape index (κ1) is 22.2. The summed E-state index contributed by atoms with van der Waals surface area (Å²) in [5.41, 5.74) is 1.68. The predicted molar refractivity (Wildman–Crippen MR) is 124 cm³/mol. The number of hydrogen-bond acceptors (Lipinski definition) is 4. The fourth-order valence-electron chi connectivity index (χ4n) is 3.50. The van der Waals surface area contributed by atoms with Gasteiger partial charge in [0.2, 0.25) is 0 Å². The third kappa shape index (κ3) is 5.19. The van der Waals surface area contributed by atoms with Crippen molar-refractivity contribution in [3.63, 3.8) is 0 Å². The predicted octanol–water partition coefficient (Wildman–Crippen LogP) is 2.86. The number of aryl methyl sites for hydroxylation is 1.